The largest absolute Gasteiger partial charge is 0.480 e. The number of carbonyl (C=O) groups excluding carboxylic acids is 2. The van der Waals surface area contributed by atoms with Crippen molar-refractivity contribution in [2.45, 2.75) is 31.3 Å². The Bertz CT molecular complexity index is 340. The number of ether oxygens (including phenoxy) is 2. The van der Waals surface area contributed by atoms with Gasteiger partial charge in [0, 0.05) is 0 Å². The fourth-order valence-corrected chi connectivity index (χ4v) is 1.23. The SMILES string of the molecule is COC(=O)C1OC1C(=O)N[C@H](C(=O)O)[C@@H](C)O. The predicted octanol–water partition coefficient (Wildman–Crippen LogP) is -2.12. The van der Waals surface area contributed by atoms with Gasteiger partial charge in [0.25, 0.3) is 5.91 Å². The van der Waals surface area contributed by atoms with Gasteiger partial charge in [-0.3, -0.25) is 4.79 Å². The van der Waals surface area contributed by atoms with Gasteiger partial charge in [-0.1, -0.05) is 0 Å². The molecule has 8 nitrogen and oxygen atoms in total. The number of carboxylic acids is 1. The van der Waals surface area contributed by atoms with Crippen LogP contribution in [0.5, 0.6) is 0 Å². The summed E-state index contributed by atoms with van der Waals surface area (Å²) in [6, 6.07) is -1.44. The van der Waals surface area contributed by atoms with Crippen LogP contribution in [0.25, 0.3) is 0 Å². The van der Waals surface area contributed by atoms with Crippen molar-refractivity contribution in [3.63, 3.8) is 0 Å². The number of methoxy groups -OCH3 is 1. The van der Waals surface area contributed by atoms with E-state index in [0.717, 1.165) is 7.11 Å². The number of amides is 1. The highest BCUT2D eigenvalue weighted by Crippen LogP contribution is 2.23. The van der Waals surface area contributed by atoms with Gasteiger partial charge >= 0.3 is 11.9 Å². The normalized spacial score (nSPS) is 25.6. The van der Waals surface area contributed by atoms with Gasteiger partial charge in [0.05, 0.1) is 13.2 Å². The Labute approximate surface area is 96.5 Å². The summed E-state index contributed by atoms with van der Waals surface area (Å²) in [5.41, 5.74) is 0. The van der Waals surface area contributed by atoms with Gasteiger partial charge in [-0.15, -0.1) is 0 Å². The van der Waals surface area contributed by atoms with Gasteiger partial charge < -0.3 is 25.0 Å². The van der Waals surface area contributed by atoms with Crippen molar-refractivity contribution in [3.8, 4) is 0 Å². The number of carbonyl (C=O) groups is 3. The second kappa shape index (κ2) is 5.11. The fraction of sp³-hybridized carbons (Fsp3) is 0.667. The summed E-state index contributed by atoms with van der Waals surface area (Å²) in [4.78, 5) is 33.1. The zero-order valence-corrected chi connectivity index (χ0v) is 9.25. The number of aliphatic carboxylic acids is 1. The first-order valence-corrected chi connectivity index (χ1v) is 4.83. The van der Waals surface area contributed by atoms with Crippen LogP contribution in [0.2, 0.25) is 0 Å². The van der Waals surface area contributed by atoms with Crippen molar-refractivity contribution in [2.75, 3.05) is 7.11 Å². The van der Waals surface area contributed by atoms with E-state index in [4.69, 9.17) is 14.9 Å². The van der Waals surface area contributed by atoms with Gasteiger partial charge in [-0.2, -0.15) is 0 Å². The van der Waals surface area contributed by atoms with E-state index in [-0.39, 0.29) is 0 Å². The number of esters is 1. The minimum absolute atomic E-state index is 0.700. The summed E-state index contributed by atoms with van der Waals surface area (Å²) in [7, 11) is 1.15. The van der Waals surface area contributed by atoms with Crippen LogP contribution in [-0.4, -0.2) is 59.5 Å². The Morgan fingerprint density at radius 3 is 2.35 bits per heavy atom. The summed E-state index contributed by atoms with van der Waals surface area (Å²) < 4.78 is 9.08. The zero-order chi connectivity index (χ0) is 13.2. The van der Waals surface area contributed by atoms with Crippen molar-refractivity contribution in [1.29, 1.82) is 0 Å². The predicted molar refractivity (Wildman–Crippen MR) is 51.9 cm³/mol. The molecule has 0 aromatic heterocycles. The lowest BCUT2D eigenvalue weighted by Crippen LogP contribution is -2.49. The average Bonchev–Trinajstić information content (AvgIpc) is 3.03. The topological polar surface area (TPSA) is 125 Å². The van der Waals surface area contributed by atoms with Crippen molar-refractivity contribution < 1.29 is 34.1 Å². The van der Waals surface area contributed by atoms with E-state index in [1.54, 1.807) is 0 Å². The van der Waals surface area contributed by atoms with E-state index in [9.17, 15) is 14.4 Å². The molecule has 1 rings (SSSR count). The van der Waals surface area contributed by atoms with Crippen LogP contribution in [0.4, 0.5) is 0 Å². The van der Waals surface area contributed by atoms with Crippen molar-refractivity contribution in [3.05, 3.63) is 0 Å². The molecule has 0 aromatic carbocycles. The third-order valence-corrected chi connectivity index (χ3v) is 2.23. The van der Waals surface area contributed by atoms with Gasteiger partial charge in [0.1, 0.15) is 0 Å². The Morgan fingerprint density at radius 1 is 1.35 bits per heavy atom. The van der Waals surface area contributed by atoms with Gasteiger partial charge in [-0.25, -0.2) is 9.59 Å². The number of nitrogens with one attached hydrogen (secondary N) is 1. The molecule has 2 unspecified atom stereocenters. The molecule has 96 valence electrons. The molecule has 1 saturated heterocycles. The molecule has 0 radical (unpaired) electrons. The minimum atomic E-state index is -1.44. The second-order valence-electron chi connectivity index (χ2n) is 3.57. The first-order chi connectivity index (χ1) is 7.88. The molecule has 1 aliphatic heterocycles. The molecule has 1 aliphatic rings. The Morgan fingerprint density at radius 2 is 1.94 bits per heavy atom. The molecule has 1 fully saturated rings. The van der Waals surface area contributed by atoms with Crippen molar-refractivity contribution in [2.24, 2.45) is 0 Å². The average molecular weight is 247 g/mol. The number of rotatable bonds is 5. The summed E-state index contributed by atoms with van der Waals surface area (Å²) in [6.45, 7) is 1.23. The number of carboxylic acid groups (broad SMARTS) is 1. The second-order valence-corrected chi connectivity index (χ2v) is 3.57. The van der Waals surface area contributed by atoms with Crippen LogP contribution >= 0.6 is 0 Å². The van der Waals surface area contributed by atoms with Crippen molar-refractivity contribution >= 4 is 17.8 Å². The van der Waals surface area contributed by atoms with Gasteiger partial charge in [0.2, 0.25) is 0 Å². The quantitative estimate of drug-likeness (QED) is 0.374. The van der Waals surface area contributed by atoms with Crippen LogP contribution in [0.1, 0.15) is 6.92 Å². The number of aliphatic hydroxyl groups excluding tert-OH is 1. The molecule has 3 N–H and O–H groups in total. The van der Waals surface area contributed by atoms with Crippen LogP contribution < -0.4 is 5.32 Å². The molecule has 1 heterocycles. The summed E-state index contributed by atoms with van der Waals surface area (Å²) in [5.74, 6) is -2.84. The third kappa shape index (κ3) is 3.14. The minimum Gasteiger partial charge on any atom is -0.480 e. The smallest absolute Gasteiger partial charge is 0.338 e. The van der Waals surface area contributed by atoms with Crippen LogP contribution in [0.15, 0.2) is 0 Å². The number of hydrogen-bond acceptors (Lipinski definition) is 6. The first kappa shape index (κ1) is 13.4. The maximum Gasteiger partial charge on any atom is 0.338 e. The number of hydrogen-bond donors (Lipinski definition) is 3. The lowest BCUT2D eigenvalue weighted by Gasteiger charge is -2.16. The monoisotopic (exact) mass is 247 g/mol. The van der Waals surface area contributed by atoms with E-state index in [0.29, 0.717) is 0 Å². The maximum atomic E-state index is 11.4. The Hall–Kier alpha value is -1.67. The number of epoxide rings is 1. The molecule has 1 amide bonds. The molecule has 0 aliphatic carbocycles. The third-order valence-electron chi connectivity index (χ3n) is 2.23. The lowest BCUT2D eigenvalue weighted by molar-refractivity contribution is -0.144. The lowest BCUT2D eigenvalue weighted by atomic mass is 10.1. The summed E-state index contributed by atoms with van der Waals surface area (Å²) in [6.07, 6.45) is -3.31. The van der Waals surface area contributed by atoms with Crippen LogP contribution in [0.3, 0.4) is 0 Å². The van der Waals surface area contributed by atoms with E-state index >= 15 is 0 Å². The highest BCUT2D eigenvalue weighted by atomic mass is 16.6. The molecular weight excluding hydrogens is 234 g/mol. The Balaban J connectivity index is 2.51. The molecule has 0 spiro atoms. The number of aliphatic hydroxyl groups is 1. The molecule has 4 atom stereocenters. The van der Waals surface area contributed by atoms with Crippen LogP contribution in [0, 0.1) is 0 Å². The van der Waals surface area contributed by atoms with E-state index < -0.39 is 42.2 Å². The zero-order valence-electron chi connectivity index (χ0n) is 9.25. The molecule has 0 bridgehead atoms. The van der Waals surface area contributed by atoms with Gasteiger partial charge in [0.15, 0.2) is 18.2 Å². The van der Waals surface area contributed by atoms with E-state index in [1.807, 2.05) is 0 Å². The highest BCUT2D eigenvalue weighted by molar-refractivity contribution is 5.94. The summed E-state index contributed by atoms with van der Waals surface area (Å²) >= 11 is 0. The molecule has 0 aromatic rings. The molecule has 17 heavy (non-hydrogen) atoms. The summed E-state index contributed by atoms with van der Waals surface area (Å²) in [5, 5.41) is 19.9. The molecule has 0 saturated carbocycles. The first-order valence-electron chi connectivity index (χ1n) is 4.83. The van der Waals surface area contributed by atoms with Crippen molar-refractivity contribution in [1.82, 2.24) is 5.32 Å². The standard InChI is InChI=1S/C9H13NO7/c1-3(11)4(8(13)14)10-7(12)5-6(17-5)9(15)16-2/h3-6,11H,1-2H3,(H,10,12)(H,13,14)/t3-,4+,5?,6?/m1/s1. The molecule has 8 heteroatoms. The fourth-order valence-electron chi connectivity index (χ4n) is 1.23. The van der Waals surface area contributed by atoms with Crippen LogP contribution in [-0.2, 0) is 23.9 Å². The van der Waals surface area contributed by atoms with E-state index in [1.165, 1.54) is 6.92 Å². The molecular formula is C9H13NO7. The van der Waals surface area contributed by atoms with E-state index in [2.05, 4.69) is 10.1 Å². The maximum absolute atomic E-state index is 11.4. The highest BCUT2D eigenvalue weighted by Gasteiger charge is 2.52. The van der Waals surface area contributed by atoms with Gasteiger partial charge in [-0.05, 0) is 6.92 Å². The Kier molecular flexibility index (Phi) is 4.02.